The second-order valence-corrected chi connectivity index (χ2v) is 11.2. The fraction of sp³-hybridized carbons (Fsp3) is 0.704. The van der Waals surface area contributed by atoms with E-state index in [1.165, 1.54) is 0 Å². The van der Waals surface area contributed by atoms with Crippen LogP contribution in [0.1, 0.15) is 58.8 Å². The Labute approximate surface area is 207 Å². The van der Waals surface area contributed by atoms with Gasteiger partial charge >= 0.3 is 6.09 Å². The molecule has 1 heterocycles. The monoisotopic (exact) mass is 488 g/mol. The highest BCUT2D eigenvalue weighted by molar-refractivity contribution is 5.84. The minimum absolute atomic E-state index is 0.0150. The van der Waals surface area contributed by atoms with E-state index in [1.807, 2.05) is 25.1 Å². The number of likely N-dealkylation sites (tertiary alicyclic amines) is 1. The second kappa shape index (κ2) is 10.4. The Balaban J connectivity index is 1.50. The Morgan fingerprint density at radius 3 is 2.54 bits per heavy atom. The van der Waals surface area contributed by atoms with Crippen LogP contribution in [0.15, 0.2) is 30.3 Å². The van der Waals surface area contributed by atoms with Crippen molar-refractivity contribution in [1.29, 1.82) is 0 Å². The van der Waals surface area contributed by atoms with Crippen LogP contribution in [-0.2, 0) is 9.53 Å². The summed E-state index contributed by atoms with van der Waals surface area (Å²) < 4.78 is 5.87. The number of carbonyl (C=O) groups is 2. The van der Waals surface area contributed by atoms with Crippen molar-refractivity contribution in [3.8, 4) is 0 Å². The molecular formula is C27H40N2O6. The van der Waals surface area contributed by atoms with Crippen LogP contribution in [0.2, 0.25) is 0 Å². The Morgan fingerprint density at radius 2 is 1.86 bits per heavy atom. The predicted molar refractivity (Wildman–Crippen MR) is 132 cm³/mol. The van der Waals surface area contributed by atoms with Gasteiger partial charge in [-0.3, -0.25) is 10.1 Å². The van der Waals surface area contributed by atoms with Gasteiger partial charge in [0.2, 0.25) is 5.91 Å². The number of aliphatic hydroxyl groups is 3. The van der Waals surface area contributed by atoms with Crippen molar-refractivity contribution in [3.63, 3.8) is 0 Å². The van der Waals surface area contributed by atoms with E-state index >= 15 is 0 Å². The molecule has 8 nitrogen and oxygen atoms in total. The zero-order valence-electron chi connectivity index (χ0n) is 20.9. The first-order valence-electron chi connectivity index (χ1n) is 12.9. The molecule has 2 saturated carbocycles. The van der Waals surface area contributed by atoms with Gasteiger partial charge in [-0.25, -0.2) is 4.79 Å². The largest absolute Gasteiger partial charge is 0.445 e. The van der Waals surface area contributed by atoms with Crippen LogP contribution in [0.5, 0.6) is 0 Å². The number of hydrogen-bond donors (Lipinski definition) is 4. The number of carbonyl (C=O) groups excluding carboxylic acids is 2. The standard InChI is InChI=1S/C27H40N2O6/c1-26-13-12-23(35-25(34)28-18-7-4-3-5-8-18)27(2,17-31)22(26)11-10-21(32)20(26)15-24(33)29-14-6-9-19(29)16-30/h3-5,7-8,19-23,30-32H,6,9-17H2,1-2H3,(H,28,34)/t19-,20+,21+,22?,23+,26-,27-/m0/s1. The lowest BCUT2D eigenvalue weighted by Gasteiger charge is -2.60. The average molecular weight is 489 g/mol. The van der Waals surface area contributed by atoms with Crippen molar-refractivity contribution in [2.24, 2.45) is 22.7 Å². The SMILES string of the molecule is C[C@]1(CO)C2CC[C@@H](O)[C@@H](CC(=O)N3CCC[C@H]3CO)[C@]2(C)CC[C@H]1OC(=O)Nc1ccccc1. The quantitative estimate of drug-likeness (QED) is 0.488. The van der Waals surface area contributed by atoms with E-state index in [0.717, 1.165) is 12.8 Å². The minimum atomic E-state index is -0.691. The molecule has 35 heavy (non-hydrogen) atoms. The molecule has 2 amide bonds. The van der Waals surface area contributed by atoms with Gasteiger partial charge in [-0.1, -0.05) is 32.0 Å². The maximum absolute atomic E-state index is 13.2. The molecule has 7 atom stereocenters. The molecule has 4 rings (SSSR count). The van der Waals surface area contributed by atoms with Gasteiger partial charge in [0.1, 0.15) is 6.10 Å². The van der Waals surface area contributed by atoms with Crippen molar-refractivity contribution in [2.45, 2.75) is 77.0 Å². The molecule has 194 valence electrons. The number of aliphatic hydroxyl groups excluding tert-OH is 3. The highest BCUT2D eigenvalue weighted by Crippen LogP contribution is 2.61. The Morgan fingerprint density at radius 1 is 1.11 bits per heavy atom. The van der Waals surface area contributed by atoms with Gasteiger partial charge < -0.3 is 25.0 Å². The molecule has 4 N–H and O–H groups in total. The molecule has 0 aromatic heterocycles. The van der Waals surface area contributed by atoms with Crippen molar-refractivity contribution in [3.05, 3.63) is 30.3 Å². The number of anilines is 1. The highest BCUT2D eigenvalue weighted by atomic mass is 16.6. The number of benzene rings is 1. The maximum Gasteiger partial charge on any atom is 0.411 e. The van der Waals surface area contributed by atoms with Gasteiger partial charge in [0, 0.05) is 24.1 Å². The summed E-state index contributed by atoms with van der Waals surface area (Å²) in [7, 11) is 0. The van der Waals surface area contributed by atoms with Gasteiger partial charge in [-0.15, -0.1) is 0 Å². The van der Waals surface area contributed by atoms with E-state index in [9.17, 15) is 24.9 Å². The number of ether oxygens (including phenoxy) is 1. The Hall–Kier alpha value is -2.16. The highest BCUT2D eigenvalue weighted by Gasteiger charge is 2.60. The number of nitrogens with zero attached hydrogens (tertiary/aromatic N) is 1. The summed E-state index contributed by atoms with van der Waals surface area (Å²) in [5.41, 5.74) is -0.426. The molecule has 0 radical (unpaired) electrons. The summed E-state index contributed by atoms with van der Waals surface area (Å²) in [6.07, 6.45) is 2.78. The fourth-order valence-corrected chi connectivity index (χ4v) is 7.24. The second-order valence-electron chi connectivity index (χ2n) is 11.2. The topological polar surface area (TPSA) is 119 Å². The third kappa shape index (κ3) is 4.93. The van der Waals surface area contributed by atoms with E-state index in [4.69, 9.17) is 4.74 Å². The number of fused-ring (bicyclic) bond motifs is 1. The third-order valence-corrected chi connectivity index (χ3v) is 9.25. The average Bonchev–Trinajstić information content (AvgIpc) is 3.33. The van der Waals surface area contributed by atoms with Crippen LogP contribution in [0.4, 0.5) is 10.5 Å². The molecule has 1 aliphatic heterocycles. The lowest BCUT2D eigenvalue weighted by molar-refractivity contribution is -0.186. The fourth-order valence-electron chi connectivity index (χ4n) is 7.24. The predicted octanol–water partition coefficient (Wildman–Crippen LogP) is 3.16. The van der Waals surface area contributed by atoms with Crippen molar-refractivity contribution >= 4 is 17.7 Å². The lowest BCUT2D eigenvalue weighted by atomic mass is 9.46. The van der Waals surface area contributed by atoms with E-state index in [-0.39, 0.29) is 48.8 Å². The molecule has 3 fully saturated rings. The van der Waals surface area contributed by atoms with Crippen LogP contribution >= 0.6 is 0 Å². The van der Waals surface area contributed by atoms with Crippen LogP contribution < -0.4 is 5.32 Å². The molecule has 2 aliphatic carbocycles. The zero-order valence-corrected chi connectivity index (χ0v) is 20.9. The number of hydrogen-bond acceptors (Lipinski definition) is 6. The molecule has 0 bridgehead atoms. The summed E-state index contributed by atoms with van der Waals surface area (Å²) in [6.45, 7) is 4.55. The van der Waals surface area contributed by atoms with Crippen LogP contribution in [0.3, 0.4) is 0 Å². The van der Waals surface area contributed by atoms with Crippen molar-refractivity contribution in [1.82, 2.24) is 4.90 Å². The van der Waals surface area contributed by atoms with Crippen LogP contribution in [0.25, 0.3) is 0 Å². The van der Waals surface area contributed by atoms with E-state index in [2.05, 4.69) is 12.2 Å². The Bertz CT molecular complexity index is 897. The zero-order chi connectivity index (χ0) is 25.2. The van der Waals surface area contributed by atoms with Crippen LogP contribution in [0, 0.1) is 22.7 Å². The molecular weight excluding hydrogens is 448 g/mol. The first-order chi connectivity index (χ1) is 16.7. The lowest BCUT2D eigenvalue weighted by Crippen LogP contribution is -2.61. The molecule has 8 heteroatoms. The van der Waals surface area contributed by atoms with E-state index in [0.29, 0.717) is 37.9 Å². The molecule has 1 unspecified atom stereocenters. The van der Waals surface area contributed by atoms with Gasteiger partial charge in [0.25, 0.3) is 0 Å². The molecule has 1 aromatic carbocycles. The summed E-state index contributed by atoms with van der Waals surface area (Å²) in [5, 5.41) is 34.0. The first-order valence-corrected chi connectivity index (χ1v) is 12.9. The van der Waals surface area contributed by atoms with Gasteiger partial charge in [-0.2, -0.15) is 0 Å². The van der Waals surface area contributed by atoms with Crippen molar-refractivity contribution < 1.29 is 29.6 Å². The van der Waals surface area contributed by atoms with E-state index < -0.39 is 23.7 Å². The number of nitrogens with one attached hydrogen (secondary N) is 1. The summed E-state index contributed by atoms with van der Waals surface area (Å²) in [4.78, 5) is 27.7. The smallest absolute Gasteiger partial charge is 0.411 e. The maximum atomic E-state index is 13.2. The minimum Gasteiger partial charge on any atom is -0.445 e. The van der Waals surface area contributed by atoms with Crippen LogP contribution in [-0.4, -0.2) is 70.2 Å². The van der Waals surface area contributed by atoms with Gasteiger partial charge in [0.05, 0.1) is 25.4 Å². The first kappa shape index (κ1) is 25.9. The molecule has 1 aromatic rings. The molecule has 1 saturated heterocycles. The summed E-state index contributed by atoms with van der Waals surface area (Å²) in [5.74, 6) is -0.283. The van der Waals surface area contributed by atoms with Gasteiger partial charge in [-0.05, 0) is 67.9 Å². The summed E-state index contributed by atoms with van der Waals surface area (Å²) in [6, 6.07) is 8.97. The third-order valence-electron chi connectivity index (χ3n) is 9.25. The summed E-state index contributed by atoms with van der Waals surface area (Å²) >= 11 is 0. The van der Waals surface area contributed by atoms with E-state index in [1.54, 1.807) is 17.0 Å². The molecule has 3 aliphatic rings. The van der Waals surface area contributed by atoms with Crippen molar-refractivity contribution in [2.75, 3.05) is 25.1 Å². The normalized spacial score (nSPS) is 36.9. The number of rotatable bonds is 6. The Kier molecular flexibility index (Phi) is 7.74. The number of amides is 2. The number of para-hydroxylation sites is 1. The molecule has 0 spiro atoms. The van der Waals surface area contributed by atoms with Gasteiger partial charge in [0.15, 0.2) is 0 Å².